The third kappa shape index (κ3) is 3.31. The van der Waals surface area contributed by atoms with Gasteiger partial charge in [0.1, 0.15) is 17.7 Å². The monoisotopic (exact) mass is 347 g/mol. The fourth-order valence-corrected chi connectivity index (χ4v) is 3.07. The Bertz CT molecular complexity index is 996. The second-order valence-corrected chi connectivity index (χ2v) is 6.16. The maximum absolute atomic E-state index is 12.6. The molecule has 25 heavy (non-hydrogen) atoms. The van der Waals surface area contributed by atoms with Crippen LogP contribution >= 0.6 is 11.3 Å². The lowest BCUT2D eigenvalue weighted by atomic mass is 10.1. The summed E-state index contributed by atoms with van der Waals surface area (Å²) in [5, 5.41) is 9.81. The van der Waals surface area contributed by atoms with E-state index in [9.17, 15) is 4.79 Å². The van der Waals surface area contributed by atoms with Crippen molar-refractivity contribution in [2.75, 3.05) is 5.32 Å². The van der Waals surface area contributed by atoms with Gasteiger partial charge in [0, 0.05) is 28.4 Å². The molecule has 0 bridgehead atoms. The molecule has 0 aliphatic rings. The standard InChI is InChI=1S/C18H13N5OS/c24-17(13-3-1-4-14(9-13)18-20-7-8-25-18)22-15-5-2-6-16(10-15)23-12-19-11-21-23/h1-12H,(H,22,24). The summed E-state index contributed by atoms with van der Waals surface area (Å²) in [6.07, 6.45) is 4.83. The van der Waals surface area contributed by atoms with Gasteiger partial charge in [0.15, 0.2) is 0 Å². The molecule has 0 aliphatic carbocycles. The molecule has 0 saturated heterocycles. The lowest BCUT2D eigenvalue weighted by molar-refractivity contribution is 0.102. The van der Waals surface area contributed by atoms with E-state index in [1.807, 2.05) is 47.8 Å². The molecule has 1 N–H and O–H groups in total. The minimum absolute atomic E-state index is 0.172. The zero-order valence-corrected chi connectivity index (χ0v) is 13.9. The molecule has 0 saturated carbocycles. The fraction of sp³-hybridized carbons (Fsp3) is 0. The molecule has 2 heterocycles. The first kappa shape index (κ1) is 15.2. The van der Waals surface area contributed by atoms with Crippen LogP contribution in [0.4, 0.5) is 5.69 Å². The Morgan fingerprint density at radius 2 is 2.04 bits per heavy atom. The Kier molecular flexibility index (Phi) is 4.05. The molecule has 0 radical (unpaired) electrons. The molecule has 0 atom stereocenters. The van der Waals surface area contributed by atoms with Crippen molar-refractivity contribution in [3.63, 3.8) is 0 Å². The maximum Gasteiger partial charge on any atom is 0.255 e. The number of benzene rings is 2. The number of amides is 1. The number of nitrogens with one attached hydrogen (secondary N) is 1. The molecule has 2 aromatic heterocycles. The molecule has 6 nitrogen and oxygen atoms in total. The van der Waals surface area contributed by atoms with Crippen LogP contribution in [0.5, 0.6) is 0 Å². The van der Waals surface area contributed by atoms with Crippen molar-refractivity contribution in [1.82, 2.24) is 19.7 Å². The summed E-state index contributed by atoms with van der Waals surface area (Å²) in [6.45, 7) is 0. The minimum Gasteiger partial charge on any atom is -0.322 e. The van der Waals surface area contributed by atoms with Crippen molar-refractivity contribution in [2.24, 2.45) is 0 Å². The first-order chi connectivity index (χ1) is 12.3. The highest BCUT2D eigenvalue weighted by Gasteiger charge is 2.09. The zero-order chi connectivity index (χ0) is 17.1. The normalized spacial score (nSPS) is 10.6. The smallest absolute Gasteiger partial charge is 0.255 e. The van der Waals surface area contributed by atoms with Gasteiger partial charge in [0.05, 0.1) is 5.69 Å². The lowest BCUT2D eigenvalue weighted by Gasteiger charge is -2.08. The average molecular weight is 347 g/mol. The van der Waals surface area contributed by atoms with Crippen LogP contribution in [0.3, 0.4) is 0 Å². The van der Waals surface area contributed by atoms with E-state index in [4.69, 9.17) is 0 Å². The van der Waals surface area contributed by atoms with Crippen LogP contribution < -0.4 is 5.32 Å². The second-order valence-electron chi connectivity index (χ2n) is 5.26. The summed E-state index contributed by atoms with van der Waals surface area (Å²) < 4.78 is 1.64. The van der Waals surface area contributed by atoms with Gasteiger partial charge in [-0.25, -0.2) is 14.6 Å². The Labute approximate surface area is 147 Å². The van der Waals surface area contributed by atoms with E-state index in [0.717, 1.165) is 16.3 Å². The highest BCUT2D eigenvalue weighted by atomic mass is 32.1. The van der Waals surface area contributed by atoms with E-state index in [1.54, 1.807) is 34.6 Å². The Morgan fingerprint density at radius 1 is 1.12 bits per heavy atom. The van der Waals surface area contributed by atoms with Crippen LogP contribution in [0.2, 0.25) is 0 Å². The molecule has 0 aliphatic heterocycles. The van der Waals surface area contributed by atoms with Crippen LogP contribution in [0.25, 0.3) is 16.3 Å². The van der Waals surface area contributed by atoms with Crippen molar-refractivity contribution in [1.29, 1.82) is 0 Å². The molecule has 0 fully saturated rings. The lowest BCUT2D eigenvalue weighted by Crippen LogP contribution is -2.12. The van der Waals surface area contributed by atoms with Gasteiger partial charge < -0.3 is 5.32 Å². The SMILES string of the molecule is O=C(Nc1cccc(-n2cncn2)c1)c1cccc(-c2nccs2)c1. The number of carbonyl (C=O) groups is 1. The van der Waals surface area contributed by atoms with Crippen LogP contribution in [-0.4, -0.2) is 25.7 Å². The number of hydrogen-bond donors (Lipinski definition) is 1. The maximum atomic E-state index is 12.6. The molecule has 0 unspecified atom stereocenters. The number of nitrogens with zero attached hydrogens (tertiary/aromatic N) is 4. The summed E-state index contributed by atoms with van der Waals surface area (Å²) in [4.78, 5) is 20.8. The van der Waals surface area contributed by atoms with Crippen molar-refractivity contribution in [3.05, 3.63) is 78.3 Å². The molecular weight excluding hydrogens is 334 g/mol. The first-order valence-electron chi connectivity index (χ1n) is 7.56. The predicted octanol–water partition coefficient (Wildman–Crippen LogP) is 3.64. The number of hydrogen-bond acceptors (Lipinski definition) is 5. The van der Waals surface area contributed by atoms with Crippen molar-refractivity contribution < 1.29 is 4.79 Å². The van der Waals surface area contributed by atoms with Gasteiger partial charge in [-0.15, -0.1) is 11.3 Å². The summed E-state index contributed by atoms with van der Waals surface area (Å²) in [6, 6.07) is 14.9. The molecule has 122 valence electrons. The van der Waals surface area contributed by atoms with Crippen LogP contribution in [-0.2, 0) is 0 Å². The zero-order valence-electron chi connectivity index (χ0n) is 13.0. The summed E-state index contributed by atoms with van der Waals surface area (Å²) in [5.74, 6) is -0.172. The van der Waals surface area contributed by atoms with Crippen molar-refractivity contribution >= 4 is 22.9 Å². The van der Waals surface area contributed by atoms with E-state index in [0.29, 0.717) is 11.3 Å². The van der Waals surface area contributed by atoms with E-state index in [2.05, 4.69) is 20.4 Å². The highest BCUT2D eigenvalue weighted by molar-refractivity contribution is 7.13. The van der Waals surface area contributed by atoms with E-state index in [-0.39, 0.29) is 5.91 Å². The Hall–Kier alpha value is -3.32. The molecular formula is C18H13N5OS. The van der Waals surface area contributed by atoms with E-state index < -0.39 is 0 Å². The Morgan fingerprint density at radius 3 is 2.84 bits per heavy atom. The predicted molar refractivity (Wildman–Crippen MR) is 96.9 cm³/mol. The van der Waals surface area contributed by atoms with Gasteiger partial charge in [-0.05, 0) is 30.3 Å². The fourth-order valence-electron chi connectivity index (χ4n) is 2.43. The van der Waals surface area contributed by atoms with Gasteiger partial charge in [-0.2, -0.15) is 5.10 Å². The van der Waals surface area contributed by atoms with E-state index in [1.165, 1.54) is 6.33 Å². The van der Waals surface area contributed by atoms with Crippen LogP contribution in [0.15, 0.2) is 72.8 Å². The van der Waals surface area contributed by atoms with Gasteiger partial charge in [0.2, 0.25) is 0 Å². The highest BCUT2D eigenvalue weighted by Crippen LogP contribution is 2.23. The number of anilines is 1. The third-order valence-electron chi connectivity index (χ3n) is 3.59. The van der Waals surface area contributed by atoms with Crippen molar-refractivity contribution in [2.45, 2.75) is 0 Å². The largest absolute Gasteiger partial charge is 0.322 e. The first-order valence-corrected chi connectivity index (χ1v) is 8.44. The topological polar surface area (TPSA) is 72.7 Å². The van der Waals surface area contributed by atoms with Gasteiger partial charge in [0.25, 0.3) is 5.91 Å². The van der Waals surface area contributed by atoms with Gasteiger partial charge in [-0.3, -0.25) is 4.79 Å². The molecule has 7 heteroatoms. The minimum atomic E-state index is -0.172. The molecule has 4 rings (SSSR count). The summed E-state index contributed by atoms with van der Waals surface area (Å²) in [5.41, 5.74) is 3.03. The van der Waals surface area contributed by atoms with Gasteiger partial charge in [-0.1, -0.05) is 18.2 Å². The van der Waals surface area contributed by atoms with Crippen molar-refractivity contribution in [3.8, 4) is 16.3 Å². The number of aromatic nitrogens is 4. The molecule has 1 amide bonds. The number of rotatable bonds is 4. The molecule has 4 aromatic rings. The van der Waals surface area contributed by atoms with Crippen LogP contribution in [0, 0.1) is 0 Å². The Balaban J connectivity index is 1.57. The van der Waals surface area contributed by atoms with Gasteiger partial charge >= 0.3 is 0 Å². The molecule has 2 aromatic carbocycles. The number of thiazole rings is 1. The summed E-state index contributed by atoms with van der Waals surface area (Å²) >= 11 is 1.54. The molecule has 0 spiro atoms. The third-order valence-corrected chi connectivity index (χ3v) is 4.41. The summed E-state index contributed by atoms with van der Waals surface area (Å²) in [7, 11) is 0. The average Bonchev–Trinajstić information content (AvgIpc) is 3.36. The second kappa shape index (κ2) is 6.66. The number of carbonyl (C=O) groups excluding carboxylic acids is 1. The van der Waals surface area contributed by atoms with Crippen LogP contribution in [0.1, 0.15) is 10.4 Å². The van der Waals surface area contributed by atoms with E-state index >= 15 is 0 Å². The quantitative estimate of drug-likeness (QED) is 0.612.